The number of halogens is 1. The van der Waals surface area contributed by atoms with E-state index >= 15 is 0 Å². The van der Waals surface area contributed by atoms with Crippen LogP contribution in [0.1, 0.15) is 72.1 Å². The van der Waals surface area contributed by atoms with Crippen LogP contribution in [0, 0.1) is 11.8 Å². The Labute approximate surface area is 262 Å². The first-order chi connectivity index (χ1) is 21.3. The summed E-state index contributed by atoms with van der Waals surface area (Å²) in [6.07, 6.45) is 12.4. The normalized spacial score (nSPS) is 21.0. The van der Waals surface area contributed by atoms with Crippen molar-refractivity contribution in [3.05, 3.63) is 40.1 Å². The van der Waals surface area contributed by atoms with E-state index in [-0.39, 0.29) is 24.3 Å². The van der Waals surface area contributed by atoms with Gasteiger partial charge in [0.25, 0.3) is 0 Å². The van der Waals surface area contributed by atoms with Crippen molar-refractivity contribution in [2.24, 2.45) is 11.8 Å². The summed E-state index contributed by atoms with van der Waals surface area (Å²) in [7, 11) is 0. The van der Waals surface area contributed by atoms with E-state index in [0.717, 1.165) is 61.7 Å². The van der Waals surface area contributed by atoms with Gasteiger partial charge in [-0.05, 0) is 43.7 Å². The lowest BCUT2D eigenvalue weighted by molar-refractivity contribution is -0.133. The average molecular weight is 621 g/mol. The van der Waals surface area contributed by atoms with Crippen molar-refractivity contribution in [3.8, 4) is 22.8 Å². The Morgan fingerprint density at radius 3 is 2.59 bits per heavy atom. The number of aromatic amines is 1. The van der Waals surface area contributed by atoms with Gasteiger partial charge in [-0.1, -0.05) is 69.1 Å². The second kappa shape index (κ2) is 13.1. The standard InChI is InChI=1S/C32H41ClN8O3/c1-4-6-7-24-18-39(19-27(42)40(24)5-2)31-36-25-15-26(30-37-32(43)44-38-30)35-28(22-14-23(33)17-34-16-22)29(25)41(31)13-12-21-10-8-20(3)9-11-21/h14-17,20-21,24H,4-13,18-19H2,1-3H3,(H,37,38,43). The highest BCUT2D eigenvalue weighted by molar-refractivity contribution is 6.30. The Balaban J connectivity index is 1.50. The first kappa shape index (κ1) is 30.3. The van der Waals surface area contributed by atoms with E-state index in [9.17, 15) is 9.59 Å². The first-order valence-corrected chi connectivity index (χ1v) is 16.3. The molecule has 0 bridgehead atoms. The topological polar surface area (TPSA) is 126 Å². The van der Waals surface area contributed by atoms with Gasteiger partial charge in [-0.15, -0.1) is 0 Å². The number of unbranched alkanes of at least 4 members (excludes halogenated alkanes) is 1. The zero-order valence-corrected chi connectivity index (χ0v) is 26.5. The number of aryl methyl sites for hydroxylation is 1. The van der Waals surface area contributed by atoms with Crippen LogP contribution in [0.5, 0.6) is 0 Å². The number of pyridine rings is 2. The number of hydrogen-bond donors (Lipinski definition) is 1. The quantitative estimate of drug-likeness (QED) is 0.231. The third kappa shape index (κ3) is 6.24. The number of rotatable bonds is 10. The van der Waals surface area contributed by atoms with E-state index in [2.05, 4.69) is 45.4 Å². The van der Waals surface area contributed by atoms with Crippen molar-refractivity contribution in [2.45, 2.75) is 84.7 Å². The predicted octanol–water partition coefficient (Wildman–Crippen LogP) is 5.93. The molecule has 1 saturated heterocycles. The number of anilines is 1. The number of likely N-dealkylation sites (N-methyl/N-ethyl adjacent to an activating group) is 1. The summed E-state index contributed by atoms with van der Waals surface area (Å²) >= 11 is 6.41. The number of piperazine rings is 1. The van der Waals surface area contributed by atoms with Crippen LogP contribution < -0.4 is 10.7 Å². The molecule has 0 spiro atoms. The van der Waals surface area contributed by atoms with E-state index < -0.39 is 5.76 Å². The molecule has 11 nitrogen and oxygen atoms in total. The molecule has 4 aromatic rings. The van der Waals surface area contributed by atoms with E-state index in [1.165, 1.54) is 25.7 Å². The number of H-pyrrole nitrogens is 1. The van der Waals surface area contributed by atoms with Crippen LogP contribution in [0.2, 0.25) is 5.02 Å². The van der Waals surface area contributed by atoms with Gasteiger partial charge in [-0.3, -0.25) is 19.3 Å². The molecule has 0 aromatic carbocycles. The molecular formula is C32H41ClN8O3. The van der Waals surface area contributed by atoms with Gasteiger partial charge in [0.1, 0.15) is 5.69 Å². The largest absolute Gasteiger partial charge is 0.439 e. The summed E-state index contributed by atoms with van der Waals surface area (Å²) in [5.41, 5.74) is 3.31. The molecular weight excluding hydrogens is 580 g/mol. The summed E-state index contributed by atoms with van der Waals surface area (Å²) in [5, 5.41) is 4.38. The van der Waals surface area contributed by atoms with E-state index in [1.54, 1.807) is 12.4 Å². The third-order valence-corrected chi connectivity index (χ3v) is 9.50. The summed E-state index contributed by atoms with van der Waals surface area (Å²) < 4.78 is 7.05. The lowest BCUT2D eigenvalue weighted by atomic mass is 9.81. The second-order valence-electron chi connectivity index (χ2n) is 12.4. The number of fused-ring (bicyclic) bond motifs is 1. The lowest BCUT2D eigenvalue weighted by Gasteiger charge is -2.41. The monoisotopic (exact) mass is 620 g/mol. The van der Waals surface area contributed by atoms with Gasteiger partial charge in [-0.25, -0.2) is 14.8 Å². The minimum absolute atomic E-state index is 0.123. The smallest absolute Gasteiger partial charge is 0.337 e. The minimum atomic E-state index is -0.661. The van der Waals surface area contributed by atoms with Gasteiger partial charge in [0.15, 0.2) is 0 Å². The maximum absolute atomic E-state index is 13.5. The number of nitrogens with one attached hydrogen (secondary N) is 1. The van der Waals surface area contributed by atoms with E-state index in [0.29, 0.717) is 34.4 Å². The number of hydrogen-bond acceptors (Lipinski definition) is 8. The molecule has 2 fully saturated rings. The summed E-state index contributed by atoms with van der Waals surface area (Å²) in [6, 6.07) is 3.78. The van der Waals surface area contributed by atoms with Gasteiger partial charge in [0.2, 0.25) is 17.7 Å². The zero-order valence-electron chi connectivity index (χ0n) is 25.8. The van der Waals surface area contributed by atoms with Crippen LogP contribution >= 0.6 is 11.6 Å². The SMILES string of the molecule is CCCCC1CN(c2nc3cc(-c4noc(=O)[nH]4)nc(-c4cncc(Cl)c4)c3n2CCC2CCC(C)CC2)CC(=O)N1CC. The van der Waals surface area contributed by atoms with Crippen molar-refractivity contribution < 1.29 is 9.32 Å². The molecule has 1 saturated carbocycles. The molecule has 1 amide bonds. The Morgan fingerprint density at radius 1 is 1.07 bits per heavy atom. The highest BCUT2D eigenvalue weighted by atomic mass is 35.5. The van der Waals surface area contributed by atoms with Crippen LogP contribution in [0.3, 0.4) is 0 Å². The zero-order chi connectivity index (χ0) is 30.8. The fraction of sp³-hybridized carbons (Fsp3) is 0.562. The Kier molecular flexibility index (Phi) is 9.02. The minimum Gasteiger partial charge on any atom is -0.337 e. The van der Waals surface area contributed by atoms with Crippen molar-refractivity contribution in [2.75, 3.05) is 24.5 Å². The van der Waals surface area contributed by atoms with E-state index in [4.69, 9.17) is 26.1 Å². The molecule has 1 aliphatic heterocycles. The Morgan fingerprint density at radius 2 is 1.89 bits per heavy atom. The van der Waals surface area contributed by atoms with Crippen molar-refractivity contribution in [1.29, 1.82) is 0 Å². The summed E-state index contributed by atoms with van der Waals surface area (Å²) in [4.78, 5) is 46.6. The molecule has 1 aliphatic carbocycles. The Bertz CT molecular complexity index is 1670. The highest BCUT2D eigenvalue weighted by Crippen LogP contribution is 2.37. The molecule has 0 radical (unpaired) electrons. The van der Waals surface area contributed by atoms with Gasteiger partial charge in [0.05, 0.1) is 28.3 Å². The molecule has 234 valence electrons. The van der Waals surface area contributed by atoms with Crippen LogP contribution in [0.15, 0.2) is 33.8 Å². The average Bonchev–Trinajstić information content (AvgIpc) is 3.62. The second-order valence-corrected chi connectivity index (χ2v) is 12.8. The van der Waals surface area contributed by atoms with Crippen LogP contribution in [0.25, 0.3) is 33.8 Å². The number of nitrogens with zero attached hydrogens (tertiary/aromatic N) is 7. The number of carbonyl (C=O) groups is 1. The fourth-order valence-electron chi connectivity index (χ4n) is 6.88. The van der Waals surface area contributed by atoms with Crippen LogP contribution in [-0.2, 0) is 11.3 Å². The molecule has 1 atom stereocenters. The molecule has 2 aliphatic rings. The predicted molar refractivity (Wildman–Crippen MR) is 171 cm³/mol. The maximum atomic E-state index is 13.5. The number of carbonyl (C=O) groups excluding carboxylic acids is 1. The number of aromatic nitrogens is 6. The maximum Gasteiger partial charge on any atom is 0.439 e. The van der Waals surface area contributed by atoms with Crippen LogP contribution in [-0.4, -0.2) is 66.1 Å². The molecule has 4 aromatic heterocycles. The fourth-order valence-corrected chi connectivity index (χ4v) is 7.05. The van der Waals surface area contributed by atoms with Crippen molar-refractivity contribution in [1.82, 2.24) is 34.6 Å². The van der Waals surface area contributed by atoms with E-state index in [1.807, 2.05) is 17.0 Å². The molecule has 1 unspecified atom stereocenters. The van der Waals surface area contributed by atoms with Crippen molar-refractivity contribution in [3.63, 3.8) is 0 Å². The van der Waals surface area contributed by atoms with Gasteiger partial charge in [0, 0.05) is 43.6 Å². The summed E-state index contributed by atoms with van der Waals surface area (Å²) in [5.74, 6) is 1.86. The Hall–Kier alpha value is -3.73. The van der Waals surface area contributed by atoms with Crippen molar-refractivity contribution >= 4 is 34.5 Å². The molecule has 1 N–H and O–H groups in total. The summed E-state index contributed by atoms with van der Waals surface area (Å²) in [6.45, 7) is 9.02. The highest BCUT2D eigenvalue weighted by Gasteiger charge is 2.34. The van der Waals surface area contributed by atoms with Crippen LogP contribution in [0.4, 0.5) is 5.95 Å². The first-order valence-electron chi connectivity index (χ1n) is 16.0. The van der Waals surface area contributed by atoms with Gasteiger partial charge >= 0.3 is 5.76 Å². The molecule has 6 rings (SSSR count). The van der Waals surface area contributed by atoms with Gasteiger partial charge in [-0.2, -0.15) is 0 Å². The van der Waals surface area contributed by atoms with Gasteiger partial charge < -0.3 is 14.4 Å². The third-order valence-electron chi connectivity index (χ3n) is 9.29. The lowest BCUT2D eigenvalue weighted by Crippen LogP contribution is -2.57. The molecule has 44 heavy (non-hydrogen) atoms. The number of amides is 1. The molecule has 12 heteroatoms. The number of imidazole rings is 1. The molecule has 5 heterocycles.